The van der Waals surface area contributed by atoms with Crippen LogP contribution >= 0.6 is 34.7 Å². The number of nitrogens with one attached hydrogen (secondary N) is 1. The third kappa shape index (κ3) is 5.62. The van der Waals surface area contributed by atoms with Crippen LogP contribution in [0.4, 0.5) is 42.1 Å². The fourth-order valence-electron chi connectivity index (χ4n) is 3.77. The molecule has 1 heterocycles. The van der Waals surface area contributed by atoms with Gasteiger partial charge in [-0.3, -0.25) is 9.59 Å². The van der Waals surface area contributed by atoms with Gasteiger partial charge in [0.15, 0.2) is 5.82 Å². The number of halogens is 9. The summed E-state index contributed by atoms with van der Waals surface area (Å²) in [5.41, 5.74) is -7.20. The number of carbonyl (C=O) groups excluding carboxylic acids is 2. The highest BCUT2D eigenvalue weighted by Gasteiger charge is 2.57. The second kappa shape index (κ2) is 11.3. The van der Waals surface area contributed by atoms with E-state index in [0.717, 1.165) is 42.5 Å². The number of carbonyl (C=O) groups is 2. The van der Waals surface area contributed by atoms with Gasteiger partial charge < -0.3 is 10.4 Å². The number of benzene rings is 3. The second-order valence-corrected chi connectivity index (χ2v) is 10.00. The fourth-order valence-corrected chi connectivity index (χ4v) is 5.19. The topological polar surface area (TPSA) is 69.6 Å². The van der Waals surface area contributed by atoms with Crippen molar-refractivity contribution in [1.82, 2.24) is 0 Å². The Morgan fingerprint density at radius 1 is 0.927 bits per heavy atom. The van der Waals surface area contributed by atoms with E-state index in [2.05, 4.69) is 0 Å². The first-order chi connectivity index (χ1) is 19.2. The summed E-state index contributed by atoms with van der Waals surface area (Å²) in [7, 11) is 0. The van der Waals surface area contributed by atoms with Gasteiger partial charge in [-0.15, -0.1) is 11.3 Å². The van der Waals surface area contributed by atoms with E-state index >= 15 is 4.39 Å². The lowest BCUT2D eigenvalue weighted by atomic mass is 9.91. The third-order valence-corrected chi connectivity index (χ3v) is 7.37. The van der Waals surface area contributed by atoms with Gasteiger partial charge in [0.25, 0.3) is 11.8 Å². The quantitative estimate of drug-likeness (QED) is 0.168. The Balaban J connectivity index is 1.63. The normalized spacial score (nSPS) is 13.0. The molecule has 4 rings (SSSR count). The van der Waals surface area contributed by atoms with Crippen LogP contribution in [0, 0.1) is 23.3 Å². The molecule has 2 amide bonds. The summed E-state index contributed by atoms with van der Waals surface area (Å²) in [5.74, 6) is -8.59. The zero-order chi connectivity index (χ0) is 30.3. The maximum atomic E-state index is 15.2. The highest BCUT2D eigenvalue weighted by molar-refractivity contribution is 7.10. The van der Waals surface area contributed by atoms with Crippen LogP contribution in [-0.4, -0.2) is 23.1 Å². The molecule has 0 spiro atoms. The highest BCUT2D eigenvalue weighted by atomic mass is 35.5. The van der Waals surface area contributed by atoms with Gasteiger partial charge in [0.05, 0.1) is 22.0 Å². The standard InChI is InChI=1S/C26H13Cl2F7N2O3S/c27-15-9-12(25(40,26(33,34)35)20-5-2-8-41-20)6-7-19(15)37(28)24(39)14-3-1-4-18(22(14)32)36-23(38)21-16(30)10-13(29)11-17(21)31/h1-11,40H,(H,36,38). The van der Waals surface area contributed by atoms with Crippen LogP contribution in [0.2, 0.25) is 5.02 Å². The van der Waals surface area contributed by atoms with Crippen molar-refractivity contribution in [3.8, 4) is 0 Å². The molecule has 0 bridgehead atoms. The molecular weight excluding hydrogens is 624 g/mol. The predicted octanol–water partition coefficient (Wildman–Crippen LogP) is 7.81. The van der Waals surface area contributed by atoms with E-state index in [9.17, 15) is 41.0 Å². The number of amides is 2. The zero-order valence-electron chi connectivity index (χ0n) is 19.9. The van der Waals surface area contributed by atoms with Crippen LogP contribution in [0.3, 0.4) is 0 Å². The lowest BCUT2D eigenvalue weighted by Gasteiger charge is -2.30. The summed E-state index contributed by atoms with van der Waals surface area (Å²) in [4.78, 5) is 24.9. The van der Waals surface area contributed by atoms with E-state index in [1.807, 2.05) is 5.32 Å². The molecule has 4 aromatic rings. The smallest absolute Gasteiger partial charge is 0.372 e. The minimum Gasteiger partial charge on any atom is -0.372 e. The number of aliphatic hydroxyl groups is 1. The average molecular weight is 637 g/mol. The summed E-state index contributed by atoms with van der Waals surface area (Å²) in [6.07, 6.45) is -5.16. The lowest BCUT2D eigenvalue weighted by molar-refractivity contribution is -0.247. The van der Waals surface area contributed by atoms with E-state index in [1.54, 1.807) is 0 Å². The van der Waals surface area contributed by atoms with E-state index in [-0.39, 0.29) is 22.2 Å². The number of nitrogens with zero attached hydrogens (tertiary/aromatic N) is 1. The fraction of sp³-hybridized carbons (Fsp3) is 0.0769. The number of hydrogen-bond acceptors (Lipinski definition) is 4. The molecule has 0 aliphatic carbocycles. The van der Waals surface area contributed by atoms with Crippen molar-refractivity contribution in [1.29, 1.82) is 0 Å². The van der Waals surface area contributed by atoms with Crippen LogP contribution in [0.25, 0.3) is 0 Å². The summed E-state index contributed by atoms with van der Waals surface area (Å²) in [6, 6.07) is 8.31. The molecule has 2 N–H and O–H groups in total. The van der Waals surface area contributed by atoms with Crippen LogP contribution in [0.15, 0.2) is 66.0 Å². The van der Waals surface area contributed by atoms with Crippen LogP contribution in [0.5, 0.6) is 0 Å². The van der Waals surface area contributed by atoms with Crippen LogP contribution in [-0.2, 0) is 5.60 Å². The first-order valence-electron chi connectivity index (χ1n) is 11.0. The van der Waals surface area contributed by atoms with Gasteiger partial charge in [0.2, 0.25) is 5.60 Å². The monoisotopic (exact) mass is 636 g/mol. The molecule has 1 unspecified atom stereocenters. The van der Waals surface area contributed by atoms with Gasteiger partial charge >= 0.3 is 6.18 Å². The molecule has 1 atom stereocenters. The van der Waals surface area contributed by atoms with Gasteiger partial charge in [0, 0.05) is 28.8 Å². The number of thiophene rings is 1. The summed E-state index contributed by atoms with van der Waals surface area (Å²) in [5, 5.41) is 13.3. The highest BCUT2D eigenvalue weighted by Crippen LogP contribution is 2.47. The van der Waals surface area contributed by atoms with Crippen LogP contribution in [0.1, 0.15) is 31.2 Å². The van der Waals surface area contributed by atoms with E-state index in [0.29, 0.717) is 11.3 Å². The van der Waals surface area contributed by atoms with Crippen molar-refractivity contribution < 1.29 is 45.4 Å². The Morgan fingerprint density at radius 2 is 1.59 bits per heavy atom. The van der Waals surface area contributed by atoms with Gasteiger partial charge in [0.1, 0.15) is 23.0 Å². The van der Waals surface area contributed by atoms with Crippen molar-refractivity contribution in [3.05, 3.63) is 116 Å². The molecule has 3 aromatic carbocycles. The Labute approximate surface area is 240 Å². The molecule has 41 heavy (non-hydrogen) atoms. The molecule has 15 heteroatoms. The van der Waals surface area contributed by atoms with E-state index in [1.165, 1.54) is 11.4 Å². The maximum Gasteiger partial charge on any atom is 0.426 e. The molecule has 0 saturated carbocycles. The molecular formula is C26H13Cl2F7N2O3S. The van der Waals surface area contributed by atoms with E-state index < -0.39 is 79.1 Å². The van der Waals surface area contributed by atoms with Crippen molar-refractivity contribution in [2.45, 2.75) is 11.8 Å². The van der Waals surface area contributed by atoms with Gasteiger partial charge in [-0.05, 0) is 41.3 Å². The number of rotatable bonds is 6. The minimum atomic E-state index is -5.16. The molecule has 0 saturated heterocycles. The number of hydrogen-bond donors (Lipinski definition) is 2. The van der Waals surface area contributed by atoms with Gasteiger partial charge in [-0.25, -0.2) is 22.0 Å². The Hall–Kier alpha value is -3.65. The molecule has 1 aromatic heterocycles. The zero-order valence-corrected chi connectivity index (χ0v) is 22.2. The van der Waals surface area contributed by atoms with E-state index in [4.69, 9.17) is 23.4 Å². The van der Waals surface area contributed by atoms with Gasteiger partial charge in [-0.1, -0.05) is 29.8 Å². The first-order valence-corrected chi connectivity index (χ1v) is 12.6. The van der Waals surface area contributed by atoms with Crippen molar-refractivity contribution in [2.24, 2.45) is 0 Å². The van der Waals surface area contributed by atoms with Crippen LogP contribution < -0.4 is 9.74 Å². The Bertz CT molecular complexity index is 1630. The molecule has 0 aliphatic heterocycles. The molecule has 5 nitrogen and oxygen atoms in total. The number of alkyl halides is 3. The summed E-state index contributed by atoms with van der Waals surface area (Å²) in [6.45, 7) is 0. The summed E-state index contributed by atoms with van der Waals surface area (Å²) < 4.78 is 98.3. The lowest BCUT2D eigenvalue weighted by Crippen LogP contribution is -2.42. The molecule has 0 radical (unpaired) electrons. The molecule has 0 fully saturated rings. The SMILES string of the molecule is O=C(Nc1cccc(C(=O)N(Cl)c2ccc(C(O)(c3cccs3)C(F)(F)F)cc2Cl)c1F)c1c(F)cc(F)cc1F. The third-order valence-electron chi connectivity index (χ3n) is 5.75. The van der Waals surface area contributed by atoms with Crippen molar-refractivity contribution in [2.75, 3.05) is 9.74 Å². The Morgan fingerprint density at radius 3 is 2.15 bits per heavy atom. The first kappa shape index (κ1) is 30.3. The molecule has 214 valence electrons. The average Bonchev–Trinajstić information content (AvgIpc) is 3.43. The largest absolute Gasteiger partial charge is 0.426 e. The maximum absolute atomic E-state index is 15.2. The second-order valence-electron chi connectivity index (χ2n) is 8.30. The predicted molar refractivity (Wildman–Crippen MR) is 138 cm³/mol. The number of anilines is 2. The van der Waals surface area contributed by atoms with Gasteiger partial charge in [-0.2, -0.15) is 13.2 Å². The van der Waals surface area contributed by atoms with Crippen molar-refractivity contribution >= 4 is 57.9 Å². The summed E-state index contributed by atoms with van der Waals surface area (Å²) >= 11 is 12.8. The minimum absolute atomic E-state index is 0.241. The Kier molecular flexibility index (Phi) is 8.37. The van der Waals surface area contributed by atoms with Crippen molar-refractivity contribution in [3.63, 3.8) is 0 Å². The molecule has 0 aliphatic rings.